The molecule has 2 aromatic carbocycles. The van der Waals surface area contributed by atoms with Crippen LogP contribution in [0.2, 0.25) is 0 Å². The molecule has 0 saturated carbocycles. The van der Waals surface area contributed by atoms with E-state index in [0.717, 1.165) is 66.0 Å². The average Bonchev–Trinajstić information content (AvgIpc) is 3.39. The van der Waals surface area contributed by atoms with Gasteiger partial charge in [0.25, 0.3) is 0 Å². The van der Waals surface area contributed by atoms with Crippen molar-refractivity contribution in [3.63, 3.8) is 0 Å². The third kappa shape index (κ3) is 6.53. The van der Waals surface area contributed by atoms with Crippen LogP contribution in [-0.2, 0) is 6.54 Å². The molecule has 2 aromatic heterocycles. The van der Waals surface area contributed by atoms with Gasteiger partial charge in [0.05, 0.1) is 19.9 Å². The molecule has 2 aliphatic rings. The maximum Gasteiger partial charge on any atom is 0.250 e. The number of ether oxygens (including phenoxy) is 2. The van der Waals surface area contributed by atoms with Crippen LogP contribution < -0.4 is 24.7 Å². The van der Waals surface area contributed by atoms with Gasteiger partial charge in [-0.1, -0.05) is 24.3 Å². The summed E-state index contributed by atoms with van der Waals surface area (Å²) in [5.41, 5.74) is 5.25. The van der Waals surface area contributed by atoms with Crippen LogP contribution in [-0.4, -0.2) is 65.6 Å². The van der Waals surface area contributed by atoms with Crippen LogP contribution in [0.5, 0.6) is 11.5 Å². The Bertz CT molecular complexity index is 1440. The lowest BCUT2D eigenvalue weighted by atomic mass is 10.1. The quantitative estimate of drug-likeness (QED) is 0.207. The third-order valence-electron chi connectivity index (χ3n) is 7.72. The molecule has 0 aliphatic carbocycles. The summed E-state index contributed by atoms with van der Waals surface area (Å²) >= 11 is 0. The highest BCUT2D eigenvalue weighted by atomic mass is 16.5. The summed E-state index contributed by atoms with van der Waals surface area (Å²) in [5.74, 6) is 3.53. The average molecular weight is 555 g/mol. The molecule has 6 rings (SSSR count). The van der Waals surface area contributed by atoms with Crippen molar-refractivity contribution in [1.29, 1.82) is 0 Å². The number of hydrogen-bond donors (Lipinski definition) is 1. The molecule has 0 atom stereocenters. The highest BCUT2D eigenvalue weighted by molar-refractivity contribution is 5.99. The first-order valence-corrected chi connectivity index (χ1v) is 14.7. The molecule has 214 valence electrons. The summed E-state index contributed by atoms with van der Waals surface area (Å²) in [6.45, 7) is 5.15. The van der Waals surface area contributed by atoms with E-state index in [9.17, 15) is 0 Å². The largest absolute Gasteiger partial charge is 0.497 e. The molecule has 0 radical (unpaired) electrons. The van der Waals surface area contributed by atoms with Gasteiger partial charge in [-0.05, 0) is 56.7 Å². The topological polar surface area (TPSA) is 92.9 Å². The number of hydrogen-bond acceptors (Lipinski definition) is 9. The summed E-state index contributed by atoms with van der Waals surface area (Å²) in [7, 11) is 1.66. The van der Waals surface area contributed by atoms with E-state index >= 15 is 0 Å². The minimum absolute atomic E-state index is 0.479. The van der Waals surface area contributed by atoms with Crippen molar-refractivity contribution in [2.75, 3.05) is 55.1 Å². The van der Waals surface area contributed by atoms with E-state index in [-0.39, 0.29) is 0 Å². The Labute approximate surface area is 241 Å². The van der Waals surface area contributed by atoms with Crippen molar-refractivity contribution in [3.05, 3.63) is 60.3 Å². The second kappa shape index (κ2) is 12.9. The molecule has 4 aromatic rings. The van der Waals surface area contributed by atoms with Gasteiger partial charge in [-0.3, -0.25) is 0 Å². The molecule has 0 spiro atoms. The van der Waals surface area contributed by atoms with Gasteiger partial charge in [0.1, 0.15) is 18.1 Å². The van der Waals surface area contributed by atoms with Gasteiger partial charge in [-0.25, -0.2) is 5.43 Å². The first kappa shape index (κ1) is 26.9. The molecular formula is C31H38N8O2. The summed E-state index contributed by atoms with van der Waals surface area (Å²) < 4.78 is 13.5. The predicted molar refractivity (Wildman–Crippen MR) is 164 cm³/mol. The number of benzene rings is 2. The molecule has 2 fully saturated rings. The predicted octanol–water partition coefficient (Wildman–Crippen LogP) is 5.34. The number of piperidine rings is 2. The SMILES string of the molecule is COc1cccc(OCCn2cc(/C=N/Nc3nc(N4CCCCC4)nc(N4CCCCC4)n3)c3ccccc32)c1. The Hall–Kier alpha value is -4.34. The fraction of sp³-hybridized carbons (Fsp3) is 0.419. The zero-order valence-electron chi connectivity index (χ0n) is 23.7. The third-order valence-corrected chi connectivity index (χ3v) is 7.72. The minimum Gasteiger partial charge on any atom is -0.497 e. The molecule has 0 bridgehead atoms. The molecule has 2 saturated heterocycles. The van der Waals surface area contributed by atoms with Gasteiger partial charge in [0.2, 0.25) is 17.8 Å². The molecule has 2 aliphatic heterocycles. The van der Waals surface area contributed by atoms with Crippen molar-refractivity contribution >= 4 is 35.0 Å². The van der Waals surface area contributed by atoms with E-state index < -0.39 is 0 Å². The van der Waals surface area contributed by atoms with Crippen molar-refractivity contribution in [2.45, 2.75) is 45.1 Å². The van der Waals surface area contributed by atoms with Gasteiger partial charge in [0, 0.05) is 54.9 Å². The molecule has 0 amide bonds. The molecule has 4 heterocycles. The van der Waals surface area contributed by atoms with Crippen LogP contribution in [0.3, 0.4) is 0 Å². The van der Waals surface area contributed by atoms with Crippen molar-refractivity contribution in [1.82, 2.24) is 19.5 Å². The maximum absolute atomic E-state index is 5.99. The molecule has 10 heteroatoms. The Kier molecular flexibility index (Phi) is 8.44. The van der Waals surface area contributed by atoms with Crippen molar-refractivity contribution < 1.29 is 9.47 Å². The molecular weight excluding hydrogens is 516 g/mol. The van der Waals surface area contributed by atoms with Crippen LogP contribution in [0, 0.1) is 0 Å². The molecule has 10 nitrogen and oxygen atoms in total. The number of methoxy groups -OCH3 is 1. The monoisotopic (exact) mass is 554 g/mol. The van der Waals surface area contributed by atoms with Crippen LogP contribution >= 0.6 is 0 Å². The maximum atomic E-state index is 5.99. The van der Waals surface area contributed by atoms with E-state index in [0.29, 0.717) is 19.1 Å². The van der Waals surface area contributed by atoms with E-state index in [1.807, 2.05) is 36.5 Å². The number of aromatic nitrogens is 4. The number of nitrogens with zero attached hydrogens (tertiary/aromatic N) is 7. The number of hydrazone groups is 1. The van der Waals surface area contributed by atoms with Crippen LogP contribution in [0.1, 0.15) is 44.1 Å². The van der Waals surface area contributed by atoms with Crippen molar-refractivity contribution in [3.8, 4) is 11.5 Å². The fourth-order valence-electron chi connectivity index (χ4n) is 5.55. The fourth-order valence-corrected chi connectivity index (χ4v) is 5.55. The van der Waals surface area contributed by atoms with E-state index in [1.54, 1.807) is 7.11 Å². The lowest BCUT2D eigenvalue weighted by Crippen LogP contribution is -2.34. The van der Waals surface area contributed by atoms with E-state index in [1.165, 1.54) is 38.5 Å². The lowest BCUT2D eigenvalue weighted by Gasteiger charge is -2.30. The van der Waals surface area contributed by atoms with E-state index in [4.69, 9.17) is 24.4 Å². The summed E-state index contributed by atoms with van der Waals surface area (Å²) in [4.78, 5) is 18.9. The molecule has 0 unspecified atom stereocenters. The lowest BCUT2D eigenvalue weighted by molar-refractivity contribution is 0.298. The smallest absolute Gasteiger partial charge is 0.250 e. The van der Waals surface area contributed by atoms with Crippen LogP contribution in [0.4, 0.5) is 17.8 Å². The Balaban J connectivity index is 1.18. The van der Waals surface area contributed by atoms with Gasteiger partial charge >= 0.3 is 0 Å². The Morgan fingerprint density at radius 3 is 2.22 bits per heavy atom. The second-order valence-electron chi connectivity index (χ2n) is 10.5. The number of rotatable bonds is 10. The highest BCUT2D eigenvalue weighted by Crippen LogP contribution is 2.24. The summed E-state index contributed by atoms with van der Waals surface area (Å²) in [6, 6.07) is 16.0. The summed E-state index contributed by atoms with van der Waals surface area (Å²) in [5, 5.41) is 5.69. The van der Waals surface area contributed by atoms with Crippen molar-refractivity contribution in [2.24, 2.45) is 5.10 Å². The van der Waals surface area contributed by atoms with Gasteiger partial charge < -0.3 is 23.8 Å². The normalized spacial score (nSPS) is 15.9. The number of anilines is 3. The minimum atomic E-state index is 0.479. The number of nitrogens with one attached hydrogen (secondary N) is 1. The van der Waals surface area contributed by atoms with Gasteiger partial charge in [0.15, 0.2) is 0 Å². The number of para-hydroxylation sites is 1. The highest BCUT2D eigenvalue weighted by Gasteiger charge is 2.20. The van der Waals surface area contributed by atoms with E-state index in [2.05, 4.69) is 49.3 Å². The van der Waals surface area contributed by atoms with Crippen LogP contribution in [0.25, 0.3) is 10.9 Å². The van der Waals surface area contributed by atoms with Gasteiger partial charge in [-0.2, -0.15) is 20.1 Å². The standard InChI is InChI=1S/C31H38N8O2/c1-40-25-11-10-12-26(21-25)41-20-19-39-23-24(27-13-4-5-14-28(27)39)22-32-36-29-33-30(37-15-6-2-7-16-37)35-31(34-29)38-17-8-3-9-18-38/h4-5,10-14,21-23H,2-3,6-9,15-20H2,1H3,(H,33,34,35,36)/b32-22+. The summed E-state index contributed by atoms with van der Waals surface area (Å²) in [6.07, 6.45) is 11.1. The Morgan fingerprint density at radius 2 is 1.51 bits per heavy atom. The molecule has 1 N–H and O–H groups in total. The second-order valence-corrected chi connectivity index (χ2v) is 10.5. The van der Waals surface area contributed by atoms with Crippen LogP contribution in [0.15, 0.2) is 59.8 Å². The zero-order chi connectivity index (χ0) is 27.9. The molecule has 41 heavy (non-hydrogen) atoms. The zero-order valence-corrected chi connectivity index (χ0v) is 23.7. The first-order valence-electron chi connectivity index (χ1n) is 14.7. The Morgan fingerprint density at radius 1 is 0.829 bits per heavy atom. The number of fused-ring (bicyclic) bond motifs is 1. The van der Waals surface area contributed by atoms with Gasteiger partial charge in [-0.15, -0.1) is 0 Å². The first-order chi connectivity index (χ1) is 20.3.